The summed E-state index contributed by atoms with van der Waals surface area (Å²) < 4.78 is 0. The highest BCUT2D eigenvalue weighted by Crippen LogP contribution is 2.08. The van der Waals surface area contributed by atoms with Crippen molar-refractivity contribution < 1.29 is 0 Å². The van der Waals surface area contributed by atoms with Gasteiger partial charge in [0.25, 0.3) is 0 Å². The van der Waals surface area contributed by atoms with Gasteiger partial charge in [0.05, 0.1) is 13.1 Å². The summed E-state index contributed by atoms with van der Waals surface area (Å²) >= 11 is 5.66. The molecule has 0 fully saturated rings. The summed E-state index contributed by atoms with van der Waals surface area (Å²) in [5.74, 6) is 5.41. The number of aromatic nitrogens is 3. The van der Waals surface area contributed by atoms with Gasteiger partial charge in [0.15, 0.2) is 0 Å². The molecule has 0 amide bonds. The molecule has 6 heteroatoms. The molecule has 2 N–H and O–H groups in total. The van der Waals surface area contributed by atoms with E-state index in [0.717, 1.165) is 0 Å². The quantitative estimate of drug-likeness (QED) is 0.730. The van der Waals surface area contributed by atoms with E-state index in [2.05, 4.69) is 37.4 Å². The highest BCUT2D eigenvalue weighted by molar-refractivity contribution is 6.28. The Bertz CT molecular complexity index is 381. The van der Waals surface area contributed by atoms with Gasteiger partial charge in [-0.25, -0.2) is 0 Å². The van der Waals surface area contributed by atoms with Crippen molar-refractivity contribution in [2.24, 2.45) is 0 Å². The minimum Gasteiger partial charge on any atom is -0.343 e. The van der Waals surface area contributed by atoms with Gasteiger partial charge in [-0.15, -0.1) is 12.8 Å². The average Bonchev–Trinajstić information content (AvgIpc) is 2.23. The first-order valence-electron chi connectivity index (χ1n) is 4.02. The first kappa shape index (κ1) is 11.1. The normalized spacial score (nSPS) is 8.73. The highest BCUT2D eigenvalue weighted by Gasteiger charge is 2.02. The van der Waals surface area contributed by atoms with Gasteiger partial charge in [0.1, 0.15) is 0 Å². The molecule has 0 atom stereocenters. The van der Waals surface area contributed by atoms with Crippen molar-refractivity contribution in [1.29, 1.82) is 0 Å². The topological polar surface area (TPSA) is 62.7 Å². The molecule has 15 heavy (non-hydrogen) atoms. The third-order valence-electron chi connectivity index (χ3n) is 1.31. The van der Waals surface area contributed by atoms with Crippen LogP contribution in [0.2, 0.25) is 5.28 Å². The summed E-state index contributed by atoms with van der Waals surface area (Å²) in [5, 5.41) is 5.63. The number of halogens is 1. The minimum atomic E-state index is 0.0732. The second-order valence-electron chi connectivity index (χ2n) is 2.37. The average molecular weight is 222 g/mol. The van der Waals surface area contributed by atoms with Crippen LogP contribution in [0.3, 0.4) is 0 Å². The summed E-state index contributed by atoms with van der Waals surface area (Å²) in [7, 11) is 0. The fraction of sp³-hybridized carbons (Fsp3) is 0.222. The fourth-order valence-corrected chi connectivity index (χ4v) is 0.928. The van der Waals surface area contributed by atoms with Gasteiger partial charge in [-0.1, -0.05) is 11.8 Å². The molecule has 0 aliphatic heterocycles. The van der Waals surface area contributed by atoms with Crippen LogP contribution >= 0.6 is 11.6 Å². The Morgan fingerprint density at radius 2 is 1.47 bits per heavy atom. The van der Waals surface area contributed by atoms with Gasteiger partial charge in [-0.3, -0.25) is 0 Å². The molecule has 0 radical (unpaired) electrons. The Morgan fingerprint density at radius 3 is 1.87 bits per heavy atom. The van der Waals surface area contributed by atoms with Crippen molar-refractivity contribution in [3.63, 3.8) is 0 Å². The summed E-state index contributed by atoms with van der Waals surface area (Å²) in [6.07, 6.45) is 10.1. The summed E-state index contributed by atoms with van der Waals surface area (Å²) in [5.41, 5.74) is 0. The number of rotatable bonds is 4. The molecule has 0 aromatic carbocycles. The Balaban J connectivity index is 2.77. The predicted molar refractivity (Wildman–Crippen MR) is 59.5 cm³/mol. The van der Waals surface area contributed by atoms with Gasteiger partial charge in [-0.05, 0) is 11.6 Å². The fourth-order valence-electron chi connectivity index (χ4n) is 0.768. The maximum atomic E-state index is 5.66. The Hall–Kier alpha value is -1.98. The molecule has 5 nitrogen and oxygen atoms in total. The van der Waals surface area contributed by atoms with Crippen LogP contribution in [0.1, 0.15) is 0 Å². The SMILES string of the molecule is C#CCNc1nc(Cl)nc(NCC#C)n1. The van der Waals surface area contributed by atoms with Gasteiger partial charge in [0.2, 0.25) is 17.2 Å². The molecule has 1 aromatic rings. The van der Waals surface area contributed by atoms with E-state index in [4.69, 9.17) is 24.4 Å². The van der Waals surface area contributed by atoms with Crippen LogP contribution in [-0.4, -0.2) is 28.0 Å². The van der Waals surface area contributed by atoms with Crippen LogP contribution in [0.5, 0.6) is 0 Å². The Morgan fingerprint density at radius 1 is 1.00 bits per heavy atom. The zero-order valence-corrected chi connectivity index (χ0v) is 8.54. The van der Waals surface area contributed by atoms with E-state index < -0.39 is 0 Å². The van der Waals surface area contributed by atoms with Crippen LogP contribution < -0.4 is 10.6 Å². The minimum absolute atomic E-state index is 0.0732. The molecule has 1 rings (SSSR count). The second-order valence-corrected chi connectivity index (χ2v) is 2.71. The van der Waals surface area contributed by atoms with Crippen molar-refractivity contribution in [3.8, 4) is 24.7 Å². The molecule has 0 bridgehead atoms. The van der Waals surface area contributed by atoms with Crippen LogP contribution in [-0.2, 0) is 0 Å². The van der Waals surface area contributed by atoms with E-state index in [1.165, 1.54) is 0 Å². The van der Waals surface area contributed by atoms with Crippen LogP contribution in [0.25, 0.3) is 0 Å². The first-order chi connectivity index (χ1) is 7.26. The molecule has 0 aliphatic rings. The lowest BCUT2D eigenvalue weighted by Gasteiger charge is -2.04. The van der Waals surface area contributed by atoms with Gasteiger partial charge < -0.3 is 10.6 Å². The Kier molecular flexibility index (Phi) is 4.21. The van der Waals surface area contributed by atoms with E-state index in [0.29, 0.717) is 25.0 Å². The zero-order valence-electron chi connectivity index (χ0n) is 7.79. The van der Waals surface area contributed by atoms with Crippen molar-refractivity contribution in [3.05, 3.63) is 5.28 Å². The lowest BCUT2D eigenvalue weighted by atomic mass is 10.6. The maximum Gasteiger partial charge on any atom is 0.229 e. The molecule has 0 saturated carbocycles. The van der Waals surface area contributed by atoms with E-state index in [1.54, 1.807) is 0 Å². The molecule has 0 spiro atoms. The van der Waals surface area contributed by atoms with E-state index in [-0.39, 0.29) is 5.28 Å². The van der Waals surface area contributed by atoms with E-state index in [1.807, 2.05) is 0 Å². The summed E-state index contributed by atoms with van der Waals surface area (Å²) in [4.78, 5) is 11.6. The third-order valence-corrected chi connectivity index (χ3v) is 1.47. The zero-order chi connectivity index (χ0) is 11.1. The molecule has 0 unspecified atom stereocenters. The second kappa shape index (κ2) is 5.69. The van der Waals surface area contributed by atoms with Crippen molar-refractivity contribution in [2.75, 3.05) is 23.7 Å². The first-order valence-corrected chi connectivity index (χ1v) is 4.40. The van der Waals surface area contributed by atoms with Crippen molar-refractivity contribution in [2.45, 2.75) is 0 Å². The molecule has 1 aromatic heterocycles. The molecule has 1 heterocycles. The number of hydrogen-bond acceptors (Lipinski definition) is 5. The van der Waals surface area contributed by atoms with Crippen LogP contribution in [0, 0.1) is 24.7 Å². The number of nitrogens with zero attached hydrogens (tertiary/aromatic N) is 3. The summed E-state index contributed by atoms with van der Waals surface area (Å²) in [6, 6.07) is 0. The number of nitrogens with one attached hydrogen (secondary N) is 2. The van der Waals surface area contributed by atoms with Crippen molar-refractivity contribution >= 4 is 23.5 Å². The van der Waals surface area contributed by atoms with Crippen LogP contribution in [0.4, 0.5) is 11.9 Å². The predicted octanol–water partition coefficient (Wildman–Crippen LogP) is 0.615. The molecule has 0 saturated heterocycles. The van der Waals surface area contributed by atoms with Crippen molar-refractivity contribution in [1.82, 2.24) is 15.0 Å². The molecule has 76 valence electrons. The van der Waals surface area contributed by atoms with Crippen LogP contribution in [0.15, 0.2) is 0 Å². The van der Waals surface area contributed by atoms with Gasteiger partial charge >= 0.3 is 0 Å². The third kappa shape index (κ3) is 3.72. The smallest absolute Gasteiger partial charge is 0.229 e. The van der Waals surface area contributed by atoms with Gasteiger partial charge in [0, 0.05) is 0 Å². The molecule has 0 aliphatic carbocycles. The lowest BCUT2D eigenvalue weighted by molar-refractivity contribution is 1.03. The van der Waals surface area contributed by atoms with E-state index >= 15 is 0 Å². The van der Waals surface area contributed by atoms with E-state index in [9.17, 15) is 0 Å². The lowest BCUT2D eigenvalue weighted by Crippen LogP contribution is -2.09. The molecular formula is C9H8ClN5. The monoisotopic (exact) mass is 221 g/mol. The maximum absolute atomic E-state index is 5.66. The number of terminal acetylenes is 2. The standard InChI is InChI=1S/C9H8ClN5/c1-3-5-11-8-13-7(10)14-9(15-8)12-6-4-2/h1-2H,5-6H2,(H2,11,12,13,14,15). The molecular weight excluding hydrogens is 214 g/mol. The Labute approximate surface area is 92.7 Å². The highest BCUT2D eigenvalue weighted by atomic mass is 35.5. The number of anilines is 2. The number of hydrogen-bond donors (Lipinski definition) is 2. The summed E-state index contributed by atoms with van der Waals surface area (Å²) in [6.45, 7) is 0.629. The largest absolute Gasteiger partial charge is 0.343 e. The van der Waals surface area contributed by atoms with Gasteiger partial charge in [-0.2, -0.15) is 15.0 Å².